The molecule has 0 fully saturated rings. The molecule has 36 heavy (non-hydrogen) atoms. The van der Waals surface area contributed by atoms with Crippen LogP contribution in [0.3, 0.4) is 0 Å². The van der Waals surface area contributed by atoms with Gasteiger partial charge in [-0.3, -0.25) is 18.2 Å². The van der Waals surface area contributed by atoms with Crippen LogP contribution in [0.1, 0.15) is 11.3 Å². The Morgan fingerprint density at radius 3 is 1.36 bits per heavy atom. The molecule has 0 heterocycles. The monoisotopic (exact) mass is 551 g/mol. The number of alkyl halides is 6. The second kappa shape index (κ2) is 11.3. The minimum atomic E-state index is -5.30. The zero-order chi connectivity index (χ0) is 26.5. The molecule has 0 unspecified atom stereocenters. The molecule has 0 radical (unpaired) electrons. The molecule has 1 atom stereocenters. The first-order valence-corrected chi connectivity index (χ1v) is 13.7. The van der Waals surface area contributed by atoms with Gasteiger partial charge in [0.2, 0.25) is 7.29 Å². The molecule has 0 aliphatic rings. The fourth-order valence-corrected chi connectivity index (χ4v) is 8.11. The van der Waals surface area contributed by atoms with Crippen LogP contribution in [0.15, 0.2) is 91.0 Å². The Hall–Kier alpha value is -2.42. The molecule has 0 bridgehead atoms. The van der Waals surface area contributed by atoms with Crippen molar-refractivity contribution in [3.63, 3.8) is 0 Å². The average molecular weight is 551 g/mol. The Labute approximate surface area is 203 Å². The lowest BCUT2D eigenvalue weighted by Crippen LogP contribution is -2.32. The number of hydrogen-bond donors (Lipinski definition) is 1. The first kappa shape index (κ1) is 28.2. The summed E-state index contributed by atoms with van der Waals surface area (Å²) < 4.78 is 115. The molecule has 194 valence electrons. The smallest absolute Gasteiger partial charge is 0.298 e. The topological polar surface area (TPSA) is 64.6 Å². The van der Waals surface area contributed by atoms with Crippen molar-refractivity contribution in [1.82, 2.24) is 5.09 Å². The van der Waals surface area contributed by atoms with Crippen molar-refractivity contribution >= 4 is 25.5 Å². The lowest BCUT2D eigenvalue weighted by atomic mass is 10.2. The van der Waals surface area contributed by atoms with Crippen LogP contribution in [0, 0.1) is 0 Å². The molecular weight excluding hydrogens is 530 g/mol. The summed E-state index contributed by atoms with van der Waals surface area (Å²) in [5, 5.41) is 2.95. The largest absolute Gasteiger partial charge is 0.412 e. The molecule has 0 aliphatic carbocycles. The third kappa shape index (κ3) is 7.54. The Bertz CT molecular complexity index is 1140. The number of hydrogen-bond acceptors (Lipinski definition) is 4. The fraction of sp³-hybridized carbons (Fsp3) is 0.217. The number of halogens is 6. The molecule has 0 saturated heterocycles. The van der Waals surface area contributed by atoms with Gasteiger partial charge in [0.05, 0.1) is 0 Å². The van der Waals surface area contributed by atoms with Crippen LogP contribution in [-0.2, 0) is 18.2 Å². The summed E-state index contributed by atoms with van der Waals surface area (Å²) in [7, 11) is -9.32. The molecule has 13 heteroatoms. The summed E-state index contributed by atoms with van der Waals surface area (Å²) in [6.07, 6.45) is -10.1. The van der Waals surface area contributed by atoms with Gasteiger partial charge in [0.15, 0.2) is 13.2 Å². The van der Waals surface area contributed by atoms with Gasteiger partial charge >= 0.3 is 19.9 Å². The molecule has 0 aliphatic heterocycles. The molecule has 0 spiro atoms. The predicted octanol–water partition coefficient (Wildman–Crippen LogP) is 6.55. The second-order valence-electron chi connectivity index (χ2n) is 7.54. The number of nitrogens with one attached hydrogen (secondary N) is 1. The van der Waals surface area contributed by atoms with Gasteiger partial charge in [-0.2, -0.15) is 26.3 Å². The van der Waals surface area contributed by atoms with Gasteiger partial charge < -0.3 is 0 Å². The Morgan fingerprint density at radius 2 is 1.00 bits per heavy atom. The predicted molar refractivity (Wildman–Crippen MR) is 124 cm³/mol. The zero-order valence-corrected chi connectivity index (χ0v) is 20.2. The molecule has 0 amide bonds. The lowest BCUT2D eigenvalue weighted by molar-refractivity contribution is -0.165. The summed E-state index contributed by atoms with van der Waals surface area (Å²) in [5.41, 5.74) is -0.0442. The third-order valence-corrected chi connectivity index (χ3v) is 9.71. The minimum Gasteiger partial charge on any atom is -0.298 e. The van der Waals surface area contributed by atoms with Crippen molar-refractivity contribution < 1.29 is 44.5 Å². The van der Waals surface area contributed by atoms with E-state index in [1.54, 1.807) is 36.4 Å². The van der Waals surface area contributed by atoms with Crippen LogP contribution in [0.25, 0.3) is 0 Å². The first-order chi connectivity index (χ1) is 16.8. The van der Waals surface area contributed by atoms with Gasteiger partial charge in [-0.15, -0.1) is 0 Å². The highest BCUT2D eigenvalue weighted by Gasteiger charge is 2.47. The summed E-state index contributed by atoms with van der Waals surface area (Å²) in [5.74, 6) is -1.95. The van der Waals surface area contributed by atoms with E-state index in [1.807, 2.05) is 0 Å². The Morgan fingerprint density at radius 1 is 0.639 bits per heavy atom. The van der Waals surface area contributed by atoms with Crippen molar-refractivity contribution in [3.8, 4) is 0 Å². The van der Waals surface area contributed by atoms with Gasteiger partial charge in [0.25, 0.3) is 0 Å². The van der Waals surface area contributed by atoms with Crippen LogP contribution in [-0.4, -0.2) is 25.6 Å². The number of benzene rings is 3. The molecular formula is C23H21F6NO4P2. The van der Waals surface area contributed by atoms with Crippen LogP contribution >= 0.6 is 14.9 Å². The lowest BCUT2D eigenvalue weighted by Gasteiger charge is -2.32. The highest BCUT2D eigenvalue weighted by atomic mass is 31.2. The standard InChI is InChI=1S/C23H21F6NO4P2/c24-22(25,26)16-33-36(32,34-17-23(27,28)29)21(18-10-4-1-5-11-18)30-35(31,19-12-6-2-7-13-19)20-14-8-3-9-15-20/h1-15,21H,16-17H2,(H,30,31)/t21-/m0/s1. The normalized spacial score (nSPS) is 13.9. The quantitative estimate of drug-likeness (QED) is 0.229. The molecule has 3 rings (SSSR count). The van der Waals surface area contributed by atoms with Crippen LogP contribution in [0.4, 0.5) is 26.3 Å². The third-order valence-electron chi connectivity index (χ3n) is 4.79. The molecule has 0 saturated carbocycles. The van der Waals surface area contributed by atoms with Gasteiger partial charge in [-0.05, 0) is 29.8 Å². The van der Waals surface area contributed by atoms with E-state index < -0.39 is 46.2 Å². The Balaban J connectivity index is 2.17. The van der Waals surface area contributed by atoms with Crippen LogP contribution in [0.5, 0.6) is 0 Å². The summed E-state index contributed by atoms with van der Waals surface area (Å²) in [4.78, 5) is 0. The van der Waals surface area contributed by atoms with Crippen molar-refractivity contribution in [1.29, 1.82) is 0 Å². The van der Waals surface area contributed by atoms with Gasteiger partial charge in [-0.1, -0.05) is 66.7 Å². The molecule has 0 aromatic heterocycles. The van der Waals surface area contributed by atoms with E-state index in [4.69, 9.17) is 0 Å². The fourth-order valence-electron chi connectivity index (χ4n) is 3.22. The first-order valence-electron chi connectivity index (χ1n) is 10.4. The van der Waals surface area contributed by atoms with E-state index in [1.165, 1.54) is 54.6 Å². The van der Waals surface area contributed by atoms with E-state index in [-0.39, 0.29) is 16.2 Å². The SMILES string of the molecule is O=P(N[C@H](c1ccccc1)P(=O)(OCC(F)(F)F)OCC(F)(F)F)(c1ccccc1)c1ccccc1. The van der Waals surface area contributed by atoms with Gasteiger partial charge in [0.1, 0.15) is 5.78 Å². The molecule has 5 nitrogen and oxygen atoms in total. The molecule has 3 aromatic carbocycles. The summed E-state index contributed by atoms with van der Waals surface area (Å²) in [6.45, 7) is -4.29. The van der Waals surface area contributed by atoms with E-state index in [9.17, 15) is 35.5 Å². The maximum Gasteiger partial charge on any atom is 0.412 e. The van der Waals surface area contributed by atoms with Gasteiger partial charge in [0, 0.05) is 10.6 Å². The van der Waals surface area contributed by atoms with E-state index >= 15 is 0 Å². The van der Waals surface area contributed by atoms with Crippen molar-refractivity contribution in [2.45, 2.75) is 18.1 Å². The molecule has 1 N–H and O–H groups in total. The van der Waals surface area contributed by atoms with Crippen molar-refractivity contribution in [3.05, 3.63) is 96.6 Å². The maximum atomic E-state index is 14.5. The minimum absolute atomic E-state index is 0.0442. The summed E-state index contributed by atoms with van der Waals surface area (Å²) in [6, 6.07) is 22.4. The number of rotatable bonds is 10. The van der Waals surface area contributed by atoms with Crippen molar-refractivity contribution in [2.75, 3.05) is 13.2 Å². The van der Waals surface area contributed by atoms with E-state index in [0.29, 0.717) is 0 Å². The Kier molecular flexibility index (Phi) is 8.85. The highest BCUT2D eigenvalue weighted by molar-refractivity contribution is 7.77. The highest BCUT2D eigenvalue weighted by Crippen LogP contribution is 2.63. The summed E-state index contributed by atoms with van der Waals surface area (Å²) >= 11 is 0. The molecule has 3 aromatic rings. The maximum absolute atomic E-state index is 14.5. The van der Waals surface area contributed by atoms with Crippen LogP contribution in [0.2, 0.25) is 0 Å². The van der Waals surface area contributed by atoms with Gasteiger partial charge in [-0.25, -0.2) is 5.09 Å². The van der Waals surface area contributed by atoms with Crippen molar-refractivity contribution in [2.24, 2.45) is 0 Å². The van der Waals surface area contributed by atoms with E-state index in [2.05, 4.69) is 14.1 Å². The van der Waals surface area contributed by atoms with Crippen LogP contribution < -0.4 is 15.7 Å². The second-order valence-corrected chi connectivity index (χ2v) is 12.2. The average Bonchev–Trinajstić information content (AvgIpc) is 2.85. The zero-order valence-electron chi connectivity index (χ0n) is 18.4. The van der Waals surface area contributed by atoms with E-state index in [0.717, 1.165) is 0 Å².